The minimum Gasteiger partial charge on any atom is -0.463 e. The predicted molar refractivity (Wildman–Crippen MR) is 110 cm³/mol. The number of esters is 1. The Morgan fingerprint density at radius 2 is 2.14 bits per heavy atom. The molecular weight excluding hydrogens is 378 g/mol. The van der Waals surface area contributed by atoms with E-state index in [2.05, 4.69) is 9.97 Å². The van der Waals surface area contributed by atoms with Gasteiger partial charge in [0, 0.05) is 17.8 Å². The standard InChI is InChI=1S/C20H29N3O4S/c1-3-7-17(25)27-12-13(24)10-23(4-2)11-16-21-19(26)18-14-8-5-6-9-15(14)28-20(18)22-16/h13,24H,3-12H2,1-2H3,(H,21,22,26)/t13-/m0/s1. The SMILES string of the molecule is CCCC(=O)OC[C@@H](O)CN(CC)Cc1nc2sc3c(c2c(=O)[nH]1)CCCC3. The van der Waals surface area contributed by atoms with Crippen molar-refractivity contribution < 1.29 is 14.6 Å². The Morgan fingerprint density at radius 3 is 2.89 bits per heavy atom. The van der Waals surface area contributed by atoms with Crippen molar-refractivity contribution >= 4 is 27.5 Å². The molecule has 28 heavy (non-hydrogen) atoms. The van der Waals surface area contributed by atoms with Crippen LogP contribution in [0, 0.1) is 0 Å². The van der Waals surface area contributed by atoms with Gasteiger partial charge in [-0.15, -0.1) is 11.3 Å². The molecule has 154 valence electrons. The second-order valence-electron chi connectivity index (χ2n) is 7.32. The molecule has 2 heterocycles. The Kier molecular flexibility index (Phi) is 7.20. The molecule has 0 aliphatic heterocycles. The van der Waals surface area contributed by atoms with Gasteiger partial charge in [0.05, 0.1) is 11.9 Å². The lowest BCUT2D eigenvalue weighted by Crippen LogP contribution is -2.35. The fourth-order valence-electron chi connectivity index (χ4n) is 3.62. The second kappa shape index (κ2) is 9.62. The van der Waals surface area contributed by atoms with Gasteiger partial charge in [-0.05, 0) is 44.2 Å². The number of fused-ring (bicyclic) bond motifs is 3. The summed E-state index contributed by atoms with van der Waals surface area (Å²) in [6.45, 7) is 5.34. The van der Waals surface area contributed by atoms with Crippen LogP contribution in [-0.2, 0) is 28.9 Å². The Morgan fingerprint density at radius 1 is 1.36 bits per heavy atom. The summed E-state index contributed by atoms with van der Waals surface area (Å²) in [5.41, 5.74) is 1.12. The summed E-state index contributed by atoms with van der Waals surface area (Å²) in [5, 5.41) is 10.9. The number of carbonyl (C=O) groups is 1. The molecular formula is C20H29N3O4S. The van der Waals surface area contributed by atoms with E-state index in [-0.39, 0.29) is 18.1 Å². The van der Waals surface area contributed by atoms with Gasteiger partial charge in [-0.3, -0.25) is 14.5 Å². The fraction of sp³-hybridized carbons (Fsp3) is 0.650. The van der Waals surface area contributed by atoms with Crippen LogP contribution in [0.15, 0.2) is 4.79 Å². The number of thiophene rings is 1. The topological polar surface area (TPSA) is 95.5 Å². The quantitative estimate of drug-likeness (QED) is 0.620. The van der Waals surface area contributed by atoms with Crippen molar-refractivity contribution in [3.8, 4) is 0 Å². The van der Waals surface area contributed by atoms with Crippen molar-refractivity contribution in [3.63, 3.8) is 0 Å². The molecule has 0 saturated heterocycles. The van der Waals surface area contributed by atoms with Gasteiger partial charge in [0.25, 0.3) is 5.56 Å². The second-order valence-corrected chi connectivity index (χ2v) is 8.40. The van der Waals surface area contributed by atoms with E-state index in [0.29, 0.717) is 31.9 Å². The van der Waals surface area contributed by atoms with Crippen LogP contribution < -0.4 is 5.56 Å². The van der Waals surface area contributed by atoms with Gasteiger partial charge in [0.2, 0.25) is 0 Å². The number of nitrogens with one attached hydrogen (secondary N) is 1. The van der Waals surface area contributed by atoms with Crippen LogP contribution in [0.4, 0.5) is 0 Å². The van der Waals surface area contributed by atoms with E-state index in [0.717, 1.165) is 35.9 Å². The van der Waals surface area contributed by atoms with E-state index in [9.17, 15) is 14.7 Å². The molecule has 1 atom stereocenters. The first-order chi connectivity index (χ1) is 13.5. The average Bonchev–Trinajstić information content (AvgIpc) is 3.05. The summed E-state index contributed by atoms with van der Waals surface area (Å²) in [6, 6.07) is 0. The third-order valence-electron chi connectivity index (χ3n) is 5.05. The number of aromatic amines is 1. The third-order valence-corrected chi connectivity index (χ3v) is 6.24. The zero-order valence-electron chi connectivity index (χ0n) is 16.6. The van der Waals surface area contributed by atoms with E-state index in [1.165, 1.54) is 16.9 Å². The molecule has 8 heteroatoms. The summed E-state index contributed by atoms with van der Waals surface area (Å²) >= 11 is 1.64. The van der Waals surface area contributed by atoms with Crippen molar-refractivity contribution in [3.05, 3.63) is 26.6 Å². The molecule has 2 N–H and O–H groups in total. The van der Waals surface area contributed by atoms with Gasteiger partial charge in [-0.1, -0.05) is 13.8 Å². The van der Waals surface area contributed by atoms with Crippen molar-refractivity contribution in [2.45, 2.75) is 65.0 Å². The van der Waals surface area contributed by atoms with Crippen molar-refractivity contribution in [2.24, 2.45) is 0 Å². The molecule has 0 bridgehead atoms. The predicted octanol–water partition coefficient (Wildman–Crippen LogP) is 2.39. The Balaban J connectivity index is 1.66. The number of likely N-dealkylation sites (N-methyl/N-ethyl adjacent to an activating group) is 1. The Labute approximate surface area is 168 Å². The number of rotatable bonds is 9. The van der Waals surface area contributed by atoms with Crippen molar-refractivity contribution in [1.29, 1.82) is 0 Å². The van der Waals surface area contributed by atoms with Crippen LogP contribution in [0.5, 0.6) is 0 Å². The highest BCUT2D eigenvalue weighted by Gasteiger charge is 2.20. The van der Waals surface area contributed by atoms with Gasteiger partial charge >= 0.3 is 5.97 Å². The molecule has 0 aromatic carbocycles. The summed E-state index contributed by atoms with van der Waals surface area (Å²) in [6.07, 6.45) is 4.62. The van der Waals surface area contributed by atoms with E-state index in [4.69, 9.17) is 4.74 Å². The van der Waals surface area contributed by atoms with Gasteiger partial charge < -0.3 is 14.8 Å². The minimum absolute atomic E-state index is 0.0179. The first-order valence-electron chi connectivity index (χ1n) is 10.1. The molecule has 2 aromatic rings. The molecule has 2 aromatic heterocycles. The van der Waals surface area contributed by atoms with Gasteiger partial charge in [0.1, 0.15) is 23.4 Å². The normalized spacial score (nSPS) is 15.0. The largest absolute Gasteiger partial charge is 0.463 e. The van der Waals surface area contributed by atoms with E-state index in [1.807, 2.05) is 18.7 Å². The van der Waals surface area contributed by atoms with Crippen LogP contribution >= 0.6 is 11.3 Å². The zero-order chi connectivity index (χ0) is 20.1. The number of aryl methyl sites for hydroxylation is 2. The molecule has 0 unspecified atom stereocenters. The number of carbonyl (C=O) groups excluding carboxylic acids is 1. The lowest BCUT2D eigenvalue weighted by Gasteiger charge is -2.22. The molecule has 1 aliphatic carbocycles. The summed E-state index contributed by atoms with van der Waals surface area (Å²) in [4.78, 5) is 35.8. The maximum Gasteiger partial charge on any atom is 0.305 e. The van der Waals surface area contributed by atoms with Crippen LogP contribution in [-0.4, -0.2) is 51.7 Å². The Hall–Kier alpha value is -1.77. The zero-order valence-corrected chi connectivity index (χ0v) is 17.4. The van der Waals surface area contributed by atoms with E-state index in [1.54, 1.807) is 11.3 Å². The number of hydrogen-bond donors (Lipinski definition) is 2. The highest BCUT2D eigenvalue weighted by molar-refractivity contribution is 7.18. The molecule has 0 fully saturated rings. The van der Waals surface area contributed by atoms with Gasteiger partial charge in [-0.2, -0.15) is 0 Å². The molecule has 1 aliphatic rings. The number of aromatic nitrogens is 2. The minimum atomic E-state index is -0.773. The number of hydrogen-bond acceptors (Lipinski definition) is 7. The van der Waals surface area contributed by atoms with Crippen LogP contribution in [0.2, 0.25) is 0 Å². The number of nitrogens with zero attached hydrogens (tertiary/aromatic N) is 2. The molecule has 0 amide bonds. The van der Waals surface area contributed by atoms with Crippen molar-refractivity contribution in [1.82, 2.24) is 14.9 Å². The Bertz CT molecular complexity index is 876. The van der Waals surface area contributed by atoms with Gasteiger partial charge in [0.15, 0.2) is 0 Å². The molecule has 3 rings (SSSR count). The molecule has 0 radical (unpaired) electrons. The highest BCUT2D eigenvalue weighted by atomic mass is 32.1. The summed E-state index contributed by atoms with van der Waals surface area (Å²) in [7, 11) is 0. The maximum absolute atomic E-state index is 12.6. The lowest BCUT2D eigenvalue weighted by atomic mass is 9.97. The monoisotopic (exact) mass is 407 g/mol. The maximum atomic E-state index is 12.6. The summed E-state index contributed by atoms with van der Waals surface area (Å²) in [5.74, 6) is 0.316. The number of aliphatic hydroxyl groups excluding tert-OH is 1. The molecule has 0 spiro atoms. The lowest BCUT2D eigenvalue weighted by molar-refractivity contribution is -0.147. The smallest absolute Gasteiger partial charge is 0.305 e. The van der Waals surface area contributed by atoms with Crippen LogP contribution in [0.25, 0.3) is 10.2 Å². The number of H-pyrrole nitrogens is 1. The van der Waals surface area contributed by atoms with Crippen LogP contribution in [0.3, 0.4) is 0 Å². The highest BCUT2D eigenvalue weighted by Crippen LogP contribution is 2.33. The van der Waals surface area contributed by atoms with Crippen molar-refractivity contribution in [2.75, 3.05) is 19.7 Å². The van der Waals surface area contributed by atoms with E-state index < -0.39 is 6.10 Å². The third kappa shape index (κ3) is 4.98. The number of aliphatic hydroxyl groups is 1. The average molecular weight is 408 g/mol. The molecule has 7 nitrogen and oxygen atoms in total. The fourth-order valence-corrected chi connectivity index (χ4v) is 4.90. The van der Waals surface area contributed by atoms with E-state index >= 15 is 0 Å². The first kappa shape index (κ1) is 21.0. The first-order valence-corrected chi connectivity index (χ1v) is 10.9. The van der Waals surface area contributed by atoms with Crippen LogP contribution in [0.1, 0.15) is 55.8 Å². The summed E-state index contributed by atoms with van der Waals surface area (Å²) < 4.78 is 5.08. The molecule has 0 saturated carbocycles. The number of ether oxygens (including phenoxy) is 1. The van der Waals surface area contributed by atoms with Gasteiger partial charge in [-0.25, -0.2) is 4.98 Å².